The predicted octanol–water partition coefficient (Wildman–Crippen LogP) is 2.61. The largest absolute Gasteiger partial charge is 0.497 e. The van der Waals surface area contributed by atoms with Crippen molar-refractivity contribution in [3.8, 4) is 17.1 Å². The molecule has 1 saturated carbocycles. The van der Waals surface area contributed by atoms with Crippen LogP contribution in [0.4, 0.5) is 0 Å². The summed E-state index contributed by atoms with van der Waals surface area (Å²) in [5.41, 5.74) is 2.21. The Kier molecular flexibility index (Phi) is 5.44. The lowest BCUT2D eigenvalue weighted by Gasteiger charge is -2.16. The highest BCUT2D eigenvalue weighted by molar-refractivity contribution is 7.99. The van der Waals surface area contributed by atoms with E-state index in [-0.39, 0.29) is 17.1 Å². The van der Waals surface area contributed by atoms with Crippen molar-refractivity contribution in [2.24, 2.45) is 0 Å². The number of rotatable bonds is 8. The van der Waals surface area contributed by atoms with Crippen LogP contribution in [0.5, 0.6) is 5.75 Å². The third-order valence-corrected chi connectivity index (χ3v) is 6.15. The average Bonchev–Trinajstić information content (AvgIpc) is 3.48. The number of thioether (sulfide) groups is 1. The number of amides is 1. The first-order valence-corrected chi connectivity index (χ1v) is 10.4. The van der Waals surface area contributed by atoms with Crippen molar-refractivity contribution in [1.82, 2.24) is 20.2 Å². The third kappa shape index (κ3) is 4.22. The molecule has 8 heteroatoms. The Bertz CT molecular complexity index is 984. The minimum atomic E-state index is -0.0359. The van der Waals surface area contributed by atoms with Gasteiger partial charge in [0.05, 0.1) is 12.9 Å². The first-order chi connectivity index (χ1) is 14.1. The van der Waals surface area contributed by atoms with Crippen LogP contribution in [0.15, 0.2) is 59.8 Å². The van der Waals surface area contributed by atoms with E-state index in [0.29, 0.717) is 17.5 Å². The molecule has 1 amide bonds. The molecular weight excluding hydrogens is 386 g/mol. The molecule has 1 aliphatic rings. The van der Waals surface area contributed by atoms with Crippen LogP contribution in [0.25, 0.3) is 11.4 Å². The number of carbonyl (C=O) groups is 1. The van der Waals surface area contributed by atoms with Crippen LogP contribution in [-0.2, 0) is 10.2 Å². The molecule has 0 atom stereocenters. The van der Waals surface area contributed by atoms with Crippen molar-refractivity contribution in [2.45, 2.75) is 23.4 Å². The summed E-state index contributed by atoms with van der Waals surface area (Å²) in [5, 5.41) is 11.8. The monoisotopic (exact) mass is 409 g/mol. The van der Waals surface area contributed by atoms with Crippen LogP contribution in [0.3, 0.4) is 0 Å². The van der Waals surface area contributed by atoms with Gasteiger partial charge < -0.3 is 15.9 Å². The number of nitrogens with zero attached hydrogens (tertiary/aromatic N) is 3. The molecule has 0 saturated heterocycles. The number of hydrogen-bond donors (Lipinski definition) is 2. The Labute approximate surface area is 173 Å². The van der Waals surface area contributed by atoms with Gasteiger partial charge >= 0.3 is 0 Å². The van der Waals surface area contributed by atoms with Gasteiger partial charge in [0.1, 0.15) is 5.75 Å². The standard InChI is InChI=1S/C21H23N5O2S/c1-28-17-9-7-15(8-10-17)19-24-25-20(26(19)22)29-13-18(27)23-14-21(11-12-21)16-5-3-2-4-6-16/h2-10H,11-14,22H2,1H3,(H,23,27). The van der Waals surface area contributed by atoms with Crippen LogP contribution in [0, 0.1) is 0 Å². The molecular formula is C21H23N5O2S. The molecule has 0 spiro atoms. The van der Waals surface area contributed by atoms with E-state index in [2.05, 4.69) is 27.6 Å². The highest BCUT2D eigenvalue weighted by Crippen LogP contribution is 2.47. The summed E-state index contributed by atoms with van der Waals surface area (Å²) < 4.78 is 6.57. The van der Waals surface area contributed by atoms with Crippen LogP contribution < -0.4 is 15.9 Å². The number of benzene rings is 2. The maximum Gasteiger partial charge on any atom is 0.230 e. The lowest BCUT2D eigenvalue weighted by atomic mass is 9.96. The molecule has 3 N–H and O–H groups in total. The van der Waals surface area contributed by atoms with Gasteiger partial charge in [-0.3, -0.25) is 4.79 Å². The summed E-state index contributed by atoms with van der Waals surface area (Å²) in [6.45, 7) is 0.656. The SMILES string of the molecule is COc1ccc(-c2nnc(SCC(=O)NCC3(c4ccccc4)CC3)n2N)cc1. The van der Waals surface area contributed by atoms with E-state index in [1.807, 2.05) is 42.5 Å². The summed E-state index contributed by atoms with van der Waals surface area (Å²) in [7, 11) is 1.62. The highest BCUT2D eigenvalue weighted by Gasteiger charge is 2.44. The summed E-state index contributed by atoms with van der Waals surface area (Å²) in [4.78, 5) is 12.3. The van der Waals surface area contributed by atoms with E-state index in [0.717, 1.165) is 24.2 Å². The number of nitrogens with two attached hydrogens (primary N) is 1. The van der Waals surface area contributed by atoms with Crippen molar-refractivity contribution in [3.63, 3.8) is 0 Å². The normalized spacial score (nSPS) is 14.4. The Morgan fingerprint density at radius 2 is 1.90 bits per heavy atom. The fourth-order valence-electron chi connectivity index (χ4n) is 3.27. The maximum atomic E-state index is 12.3. The van der Waals surface area contributed by atoms with Gasteiger partial charge in [-0.15, -0.1) is 10.2 Å². The number of nitrogens with one attached hydrogen (secondary N) is 1. The molecule has 7 nitrogen and oxygen atoms in total. The predicted molar refractivity (Wildman–Crippen MR) is 113 cm³/mol. The first kappa shape index (κ1) is 19.3. The molecule has 3 aromatic rings. The van der Waals surface area contributed by atoms with Gasteiger partial charge in [0, 0.05) is 17.5 Å². The second-order valence-electron chi connectivity index (χ2n) is 7.12. The fourth-order valence-corrected chi connectivity index (χ4v) is 3.96. The molecule has 29 heavy (non-hydrogen) atoms. The van der Waals surface area contributed by atoms with Crippen LogP contribution in [0.2, 0.25) is 0 Å². The van der Waals surface area contributed by atoms with Gasteiger partial charge in [0.25, 0.3) is 0 Å². The summed E-state index contributed by atoms with van der Waals surface area (Å²) in [6.07, 6.45) is 2.21. The zero-order valence-corrected chi connectivity index (χ0v) is 17.0. The van der Waals surface area contributed by atoms with Gasteiger partial charge in [-0.2, -0.15) is 0 Å². The van der Waals surface area contributed by atoms with E-state index in [9.17, 15) is 4.79 Å². The van der Waals surface area contributed by atoms with E-state index in [4.69, 9.17) is 10.6 Å². The van der Waals surface area contributed by atoms with Gasteiger partial charge in [0.2, 0.25) is 11.1 Å². The molecule has 1 heterocycles. The number of ether oxygens (including phenoxy) is 1. The summed E-state index contributed by atoms with van der Waals surface area (Å²) in [5.74, 6) is 7.63. The molecule has 150 valence electrons. The van der Waals surface area contributed by atoms with Crippen LogP contribution in [-0.4, -0.2) is 40.2 Å². The second kappa shape index (κ2) is 8.16. The number of hydrogen-bond acceptors (Lipinski definition) is 6. The van der Waals surface area contributed by atoms with Crippen molar-refractivity contribution in [3.05, 3.63) is 60.2 Å². The number of aromatic nitrogens is 3. The van der Waals surface area contributed by atoms with Crippen molar-refractivity contribution < 1.29 is 9.53 Å². The van der Waals surface area contributed by atoms with Crippen LogP contribution >= 0.6 is 11.8 Å². The van der Waals surface area contributed by atoms with Crippen molar-refractivity contribution >= 4 is 17.7 Å². The van der Waals surface area contributed by atoms with Gasteiger partial charge in [-0.05, 0) is 42.7 Å². The lowest BCUT2D eigenvalue weighted by Crippen LogP contribution is -2.33. The average molecular weight is 410 g/mol. The molecule has 0 radical (unpaired) electrons. The second-order valence-corrected chi connectivity index (χ2v) is 8.06. The van der Waals surface area contributed by atoms with Gasteiger partial charge in [-0.25, -0.2) is 4.68 Å². The lowest BCUT2D eigenvalue weighted by molar-refractivity contribution is -0.118. The molecule has 1 fully saturated rings. The third-order valence-electron chi connectivity index (χ3n) is 5.21. The molecule has 2 aromatic carbocycles. The molecule has 0 bridgehead atoms. The summed E-state index contributed by atoms with van der Waals surface area (Å²) in [6, 6.07) is 17.8. The molecule has 0 aliphatic heterocycles. The van der Waals surface area contributed by atoms with E-state index in [1.165, 1.54) is 22.0 Å². The van der Waals surface area contributed by atoms with Gasteiger partial charge in [0.15, 0.2) is 5.82 Å². The maximum absolute atomic E-state index is 12.3. The zero-order chi connectivity index (χ0) is 20.3. The Balaban J connectivity index is 1.32. The molecule has 4 rings (SSSR count). The highest BCUT2D eigenvalue weighted by atomic mass is 32.2. The van der Waals surface area contributed by atoms with E-state index in [1.54, 1.807) is 7.11 Å². The molecule has 1 aromatic heterocycles. The number of nitrogen functional groups attached to an aromatic ring is 1. The number of methoxy groups -OCH3 is 1. The van der Waals surface area contributed by atoms with Gasteiger partial charge in [-0.1, -0.05) is 42.1 Å². The van der Waals surface area contributed by atoms with E-state index >= 15 is 0 Å². The van der Waals surface area contributed by atoms with E-state index < -0.39 is 0 Å². The molecule has 1 aliphatic carbocycles. The number of carbonyl (C=O) groups excluding carboxylic acids is 1. The Morgan fingerprint density at radius 3 is 2.55 bits per heavy atom. The Morgan fingerprint density at radius 1 is 1.17 bits per heavy atom. The minimum Gasteiger partial charge on any atom is -0.497 e. The van der Waals surface area contributed by atoms with Crippen molar-refractivity contribution in [2.75, 3.05) is 25.3 Å². The quantitative estimate of drug-likeness (QED) is 0.439. The minimum absolute atomic E-state index is 0.0359. The smallest absolute Gasteiger partial charge is 0.230 e. The summed E-state index contributed by atoms with van der Waals surface area (Å²) >= 11 is 1.27. The topological polar surface area (TPSA) is 95.1 Å². The van der Waals surface area contributed by atoms with Crippen LogP contribution in [0.1, 0.15) is 18.4 Å². The molecule has 0 unspecified atom stereocenters. The first-order valence-electron chi connectivity index (χ1n) is 9.41. The fraction of sp³-hybridized carbons (Fsp3) is 0.286. The Hall–Kier alpha value is -3.00. The zero-order valence-electron chi connectivity index (χ0n) is 16.2. The van der Waals surface area contributed by atoms with Crippen molar-refractivity contribution in [1.29, 1.82) is 0 Å².